The average Bonchev–Trinajstić information content (AvgIpc) is 2.17. The van der Waals surface area contributed by atoms with E-state index in [0.29, 0.717) is 11.4 Å². The fourth-order valence-electron chi connectivity index (χ4n) is 1.28. The Bertz CT molecular complexity index is 541. The fourth-order valence-corrected chi connectivity index (χ4v) is 2.46. The Kier molecular flexibility index (Phi) is 4.53. The molecular weight excluding hydrogens is 353 g/mol. The predicted octanol–water partition coefficient (Wildman–Crippen LogP) is 3.04. The predicted molar refractivity (Wildman–Crippen MR) is 65.6 cm³/mol. The van der Waals surface area contributed by atoms with Crippen molar-refractivity contribution in [1.29, 1.82) is 0 Å². The maximum Gasteiger partial charge on any atom is 0.429 e. The second-order valence-corrected chi connectivity index (χ2v) is 6.38. The second kappa shape index (κ2) is 5.29. The van der Waals surface area contributed by atoms with Crippen LogP contribution in [0.25, 0.3) is 0 Å². The Morgan fingerprint density at radius 3 is 2.11 bits per heavy atom. The molecule has 0 amide bonds. The fraction of sp³-hybridized carbons (Fsp3) is 0.400. The molecule has 1 unspecified atom stereocenters. The maximum absolute atomic E-state index is 12.9. The minimum atomic E-state index is -4.96. The molecule has 4 nitrogen and oxygen atoms in total. The zero-order valence-corrected chi connectivity index (χ0v) is 12.0. The van der Waals surface area contributed by atoms with Crippen LogP contribution in [0.4, 0.5) is 13.2 Å². The summed E-state index contributed by atoms with van der Waals surface area (Å²) in [6, 6.07) is 5.38. The SMILES string of the molecule is CC(CS(=O)(=O)O)(Oc1ccc(Br)cc1)C(F)(F)F. The lowest BCUT2D eigenvalue weighted by molar-refractivity contribution is -0.233. The minimum absolute atomic E-state index is 0.160. The summed E-state index contributed by atoms with van der Waals surface area (Å²) in [5, 5.41) is 0. The molecule has 1 N–H and O–H groups in total. The lowest BCUT2D eigenvalue weighted by Crippen LogP contribution is -2.52. The van der Waals surface area contributed by atoms with Crippen LogP contribution < -0.4 is 4.74 Å². The van der Waals surface area contributed by atoms with Gasteiger partial charge in [-0.25, -0.2) is 0 Å². The normalized spacial score (nSPS) is 15.9. The van der Waals surface area contributed by atoms with Crippen LogP contribution in [0, 0.1) is 0 Å². The molecule has 0 spiro atoms. The number of ether oxygens (including phenoxy) is 1. The van der Waals surface area contributed by atoms with Gasteiger partial charge in [0.25, 0.3) is 10.1 Å². The van der Waals surface area contributed by atoms with E-state index in [1.165, 1.54) is 24.3 Å². The molecule has 9 heteroatoms. The second-order valence-electron chi connectivity index (χ2n) is 4.01. The van der Waals surface area contributed by atoms with Crippen molar-refractivity contribution in [3.05, 3.63) is 28.7 Å². The molecule has 1 aromatic carbocycles. The molecule has 0 bridgehead atoms. The minimum Gasteiger partial charge on any atom is -0.477 e. The molecular formula is C10H10BrF3O4S. The Labute approximate surface area is 116 Å². The zero-order valence-electron chi connectivity index (χ0n) is 9.61. The van der Waals surface area contributed by atoms with Crippen LogP contribution in [0.15, 0.2) is 28.7 Å². The molecule has 0 aliphatic carbocycles. The number of rotatable bonds is 4. The van der Waals surface area contributed by atoms with E-state index in [-0.39, 0.29) is 5.75 Å². The van der Waals surface area contributed by atoms with Gasteiger partial charge in [0.05, 0.1) is 0 Å². The van der Waals surface area contributed by atoms with Gasteiger partial charge in [-0.3, -0.25) is 4.55 Å². The third kappa shape index (κ3) is 4.66. The number of hydrogen-bond donors (Lipinski definition) is 1. The van der Waals surface area contributed by atoms with Crippen molar-refractivity contribution < 1.29 is 30.9 Å². The van der Waals surface area contributed by atoms with Crippen molar-refractivity contribution in [1.82, 2.24) is 0 Å². The van der Waals surface area contributed by atoms with Gasteiger partial charge in [-0.1, -0.05) is 15.9 Å². The monoisotopic (exact) mass is 362 g/mol. The highest BCUT2D eigenvalue weighted by atomic mass is 79.9. The van der Waals surface area contributed by atoms with Crippen molar-refractivity contribution in [2.24, 2.45) is 0 Å². The van der Waals surface area contributed by atoms with Crippen LogP contribution in [-0.2, 0) is 10.1 Å². The molecule has 1 aromatic rings. The summed E-state index contributed by atoms with van der Waals surface area (Å²) in [4.78, 5) is 0. The Balaban J connectivity index is 3.08. The first kappa shape index (κ1) is 16.3. The maximum atomic E-state index is 12.9. The van der Waals surface area contributed by atoms with Gasteiger partial charge in [0, 0.05) is 4.47 Å². The zero-order chi connectivity index (χ0) is 14.9. The van der Waals surface area contributed by atoms with Crippen molar-refractivity contribution in [2.45, 2.75) is 18.7 Å². The quantitative estimate of drug-likeness (QED) is 0.836. The highest BCUT2D eigenvalue weighted by Crippen LogP contribution is 2.35. The first-order valence-corrected chi connectivity index (χ1v) is 7.30. The summed E-state index contributed by atoms with van der Waals surface area (Å²) in [7, 11) is -4.85. The van der Waals surface area contributed by atoms with Crippen LogP contribution in [0.2, 0.25) is 0 Å². The van der Waals surface area contributed by atoms with Gasteiger partial charge < -0.3 is 4.74 Å². The summed E-state index contributed by atoms with van der Waals surface area (Å²) in [5.41, 5.74) is -3.03. The van der Waals surface area contributed by atoms with E-state index in [1.54, 1.807) is 0 Å². The smallest absolute Gasteiger partial charge is 0.429 e. The van der Waals surface area contributed by atoms with Gasteiger partial charge in [0.15, 0.2) is 0 Å². The van der Waals surface area contributed by atoms with Crippen LogP contribution in [-0.4, -0.2) is 30.5 Å². The van der Waals surface area contributed by atoms with Gasteiger partial charge in [0.2, 0.25) is 5.60 Å². The van der Waals surface area contributed by atoms with E-state index in [9.17, 15) is 21.6 Å². The molecule has 0 saturated carbocycles. The highest BCUT2D eigenvalue weighted by molar-refractivity contribution is 9.10. The third-order valence-corrected chi connectivity index (χ3v) is 3.66. The van der Waals surface area contributed by atoms with E-state index in [1.807, 2.05) is 0 Å². The van der Waals surface area contributed by atoms with E-state index < -0.39 is 27.6 Å². The Morgan fingerprint density at radius 1 is 1.26 bits per heavy atom. The van der Waals surface area contributed by atoms with E-state index in [4.69, 9.17) is 9.29 Å². The molecule has 1 atom stereocenters. The van der Waals surface area contributed by atoms with Crippen LogP contribution in [0.3, 0.4) is 0 Å². The average molecular weight is 363 g/mol. The first-order valence-electron chi connectivity index (χ1n) is 4.89. The molecule has 0 aliphatic rings. The van der Waals surface area contributed by atoms with Gasteiger partial charge >= 0.3 is 6.18 Å². The van der Waals surface area contributed by atoms with Crippen LogP contribution >= 0.6 is 15.9 Å². The van der Waals surface area contributed by atoms with E-state index in [2.05, 4.69) is 15.9 Å². The number of benzene rings is 1. The summed E-state index contributed by atoms with van der Waals surface area (Å²) in [5.74, 6) is -1.74. The lowest BCUT2D eigenvalue weighted by atomic mass is 10.1. The van der Waals surface area contributed by atoms with Gasteiger partial charge in [-0.2, -0.15) is 21.6 Å². The molecule has 0 heterocycles. The summed E-state index contributed by atoms with van der Waals surface area (Å²) < 4.78 is 74.0. The van der Waals surface area contributed by atoms with Crippen molar-refractivity contribution >= 4 is 26.0 Å². The Morgan fingerprint density at radius 2 is 1.74 bits per heavy atom. The third-order valence-electron chi connectivity index (χ3n) is 2.21. The molecule has 0 aromatic heterocycles. The molecule has 0 radical (unpaired) electrons. The summed E-state index contributed by atoms with van der Waals surface area (Å²) >= 11 is 3.10. The number of alkyl halides is 3. The van der Waals surface area contributed by atoms with Crippen LogP contribution in [0.5, 0.6) is 5.75 Å². The number of hydrogen-bond acceptors (Lipinski definition) is 3. The standard InChI is InChI=1S/C10H10BrF3O4S/c1-9(10(12,13)14,6-19(15,16)17)18-8-4-2-7(11)3-5-8/h2-5H,6H2,1H3,(H,15,16,17). The molecule has 1 rings (SSSR count). The van der Waals surface area contributed by atoms with E-state index in [0.717, 1.165) is 0 Å². The van der Waals surface area contributed by atoms with Crippen molar-refractivity contribution in [3.8, 4) is 5.75 Å². The molecule has 0 aliphatic heterocycles. The largest absolute Gasteiger partial charge is 0.477 e. The first-order chi connectivity index (χ1) is 8.43. The van der Waals surface area contributed by atoms with E-state index >= 15 is 0 Å². The summed E-state index contributed by atoms with van der Waals surface area (Å²) in [6.45, 7) is 0.558. The topological polar surface area (TPSA) is 63.6 Å². The van der Waals surface area contributed by atoms with Crippen LogP contribution in [0.1, 0.15) is 6.92 Å². The summed E-state index contributed by atoms with van der Waals surface area (Å²) in [6.07, 6.45) is -4.96. The highest BCUT2D eigenvalue weighted by Gasteiger charge is 2.56. The molecule has 0 saturated heterocycles. The molecule has 108 valence electrons. The Hall–Kier alpha value is -0.800. The van der Waals surface area contributed by atoms with Gasteiger partial charge in [0.1, 0.15) is 11.5 Å². The van der Waals surface area contributed by atoms with Crippen molar-refractivity contribution in [3.63, 3.8) is 0 Å². The van der Waals surface area contributed by atoms with Gasteiger partial charge in [-0.05, 0) is 31.2 Å². The van der Waals surface area contributed by atoms with Crippen molar-refractivity contribution in [2.75, 3.05) is 5.75 Å². The lowest BCUT2D eigenvalue weighted by Gasteiger charge is -2.31. The molecule has 19 heavy (non-hydrogen) atoms. The number of halogens is 4. The molecule has 0 fully saturated rings. The van der Waals surface area contributed by atoms with Gasteiger partial charge in [-0.15, -0.1) is 0 Å².